The predicted molar refractivity (Wildman–Crippen MR) is 64.5 cm³/mol. The maximum atomic E-state index is 6.00. The highest BCUT2D eigenvalue weighted by atomic mass is 35.5. The number of ether oxygens (including phenoxy) is 1. The first kappa shape index (κ1) is 12.4. The first-order valence-corrected chi connectivity index (χ1v) is 5.27. The first-order valence-electron chi connectivity index (χ1n) is 4.52. The van der Waals surface area contributed by atoms with Crippen LogP contribution in [-0.4, -0.2) is 6.61 Å². The molecule has 4 heteroatoms. The lowest BCUT2D eigenvalue weighted by atomic mass is 10.1. The molecule has 0 amide bonds. The molecule has 0 aliphatic heterocycles. The van der Waals surface area contributed by atoms with Crippen LogP contribution in [0.1, 0.15) is 18.5 Å². The molecule has 1 aromatic carbocycles. The summed E-state index contributed by atoms with van der Waals surface area (Å²) in [6.45, 7) is 5.67. The largest absolute Gasteiger partial charge is 0.486 e. The van der Waals surface area contributed by atoms with Crippen LogP contribution >= 0.6 is 23.2 Å². The van der Waals surface area contributed by atoms with Gasteiger partial charge in [-0.25, -0.2) is 0 Å². The number of halogens is 2. The van der Waals surface area contributed by atoms with Gasteiger partial charge in [-0.2, -0.15) is 0 Å². The maximum Gasteiger partial charge on any atom is 0.138 e. The summed E-state index contributed by atoms with van der Waals surface area (Å²) >= 11 is 11.6. The summed E-state index contributed by atoms with van der Waals surface area (Å²) in [5.74, 6) is 0.586. The second-order valence-electron chi connectivity index (χ2n) is 3.28. The number of rotatable bonds is 4. The Balaban J connectivity index is 2.79. The van der Waals surface area contributed by atoms with E-state index in [-0.39, 0.29) is 12.6 Å². The summed E-state index contributed by atoms with van der Waals surface area (Å²) in [4.78, 5) is 0. The molecule has 0 heterocycles. The zero-order chi connectivity index (χ0) is 11.4. The average molecular weight is 246 g/mol. The number of nitrogens with two attached hydrogens (primary N) is 1. The van der Waals surface area contributed by atoms with Crippen LogP contribution in [0.25, 0.3) is 0 Å². The van der Waals surface area contributed by atoms with Gasteiger partial charge in [-0.3, -0.25) is 0 Å². The van der Waals surface area contributed by atoms with Gasteiger partial charge in [-0.1, -0.05) is 35.8 Å². The molecule has 0 unspecified atom stereocenters. The van der Waals surface area contributed by atoms with E-state index < -0.39 is 0 Å². The van der Waals surface area contributed by atoms with E-state index in [9.17, 15) is 0 Å². The second-order valence-corrected chi connectivity index (χ2v) is 4.23. The van der Waals surface area contributed by atoms with Gasteiger partial charge >= 0.3 is 0 Å². The van der Waals surface area contributed by atoms with Crippen molar-refractivity contribution in [2.45, 2.75) is 13.0 Å². The molecule has 2 nitrogen and oxygen atoms in total. The molecule has 0 bridgehead atoms. The average Bonchev–Trinajstić information content (AvgIpc) is 2.15. The lowest BCUT2D eigenvalue weighted by Crippen LogP contribution is -2.05. The third kappa shape index (κ3) is 3.74. The fourth-order valence-corrected chi connectivity index (χ4v) is 1.37. The van der Waals surface area contributed by atoms with Gasteiger partial charge in [-0.05, 0) is 24.6 Å². The summed E-state index contributed by atoms with van der Waals surface area (Å²) < 4.78 is 5.33. The van der Waals surface area contributed by atoms with Gasteiger partial charge in [0.15, 0.2) is 0 Å². The Morgan fingerprint density at radius 3 is 2.73 bits per heavy atom. The number of hydrogen-bond acceptors (Lipinski definition) is 2. The minimum absolute atomic E-state index is 0.0421. The summed E-state index contributed by atoms with van der Waals surface area (Å²) in [5, 5.41) is 0.963. The first-order chi connectivity index (χ1) is 7.00. The fraction of sp³-hybridized carbons (Fsp3) is 0.273. The highest BCUT2D eigenvalue weighted by molar-refractivity contribution is 6.32. The normalized spacial score (nSPS) is 12.3. The molecule has 1 atom stereocenters. The minimum atomic E-state index is -0.0421. The Morgan fingerprint density at radius 1 is 1.60 bits per heavy atom. The third-order valence-electron chi connectivity index (χ3n) is 1.87. The Bertz CT molecular complexity index is 364. The van der Waals surface area contributed by atoms with Crippen molar-refractivity contribution in [3.05, 3.63) is 40.4 Å². The van der Waals surface area contributed by atoms with Crippen molar-refractivity contribution < 1.29 is 4.74 Å². The summed E-state index contributed by atoms with van der Waals surface area (Å²) in [6.07, 6.45) is 0. The second kappa shape index (κ2) is 5.40. The van der Waals surface area contributed by atoms with E-state index in [0.717, 1.165) is 5.56 Å². The molecule has 0 fully saturated rings. The van der Waals surface area contributed by atoms with Crippen LogP contribution in [-0.2, 0) is 0 Å². The molecule has 0 aliphatic rings. The van der Waals surface area contributed by atoms with E-state index in [2.05, 4.69) is 6.58 Å². The zero-order valence-electron chi connectivity index (χ0n) is 8.47. The van der Waals surface area contributed by atoms with E-state index in [1.165, 1.54) is 0 Å². The Hall–Kier alpha value is -0.700. The monoisotopic (exact) mass is 245 g/mol. The Kier molecular flexibility index (Phi) is 4.45. The molecular formula is C11H13Cl2NO. The number of benzene rings is 1. The quantitative estimate of drug-likeness (QED) is 0.882. The zero-order valence-corrected chi connectivity index (χ0v) is 9.98. The van der Waals surface area contributed by atoms with Crippen LogP contribution in [0, 0.1) is 0 Å². The van der Waals surface area contributed by atoms with E-state index in [0.29, 0.717) is 15.8 Å². The molecule has 82 valence electrons. The van der Waals surface area contributed by atoms with Crippen molar-refractivity contribution in [2.24, 2.45) is 5.73 Å². The maximum absolute atomic E-state index is 6.00. The molecule has 0 aromatic heterocycles. The Morgan fingerprint density at radius 2 is 2.27 bits per heavy atom. The van der Waals surface area contributed by atoms with Crippen molar-refractivity contribution in [3.63, 3.8) is 0 Å². The van der Waals surface area contributed by atoms with Crippen LogP contribution in [0.15, 0.2) is 29.8 Å². The molecule has 0 spiro atoms. The van der Waals surface area contributed by atoms with Crippen molar-refractivity contribution in [3.8, 4) is 5.75 Å². The topological polar surface area (TPSA) is 35.2 Å². The van der Waals surface area contributed by atoms with Crippen molar-refractivity contribution in [1.82, 2.24) is 0 Å². The molecule has 1 rings (SSSR count). The molecule has 2 N–H and O–H groups in total. The van der Waals surface area contributed by atoms with Crippen LogP contribution < -0.4 is 10.5 Å². The molecule has 0 saturated carbocycles. The van der Waals surface area contributed by atoms with Gasteiger partial charge in [0.1, 0.15) is 12.4 Å². The van der Waals surface area contributed by atoms with E-state index in [4.69, 9.17) is 33.7 Å². The van der Waals surface area contributed by atoms with Gasteiger partial charge in [0.2, 0.25) is 0 Å². The van der Waals surface area contributed by atoms with Gasteiger partial charge < -0.3 is 10.5 Å². The van der Waals surface area contributed by atoms with Crippen LogP contribution in [0.4, 0.5) is 0 Å². The highest BCUT2D eigenvalue weighted by Crippen LogP contribution is 2.27. The van der Waals surface area contributed by atoms with Crippen molar-refractivity contribution >= 4 is 23.2 Å². The fourth-order valence-electron chi connectivity index (χ4n) is 1.07. The lowest BCUT2D eigenvalue weighted by Gasteiger charge is -2.10. The molecule has 0 radical (unpaired) electrons. The molecule has 1 aromatic rings. The smallest absolute Gasteiger partial charge is 0.138 e. The van der Waals surface area contributed by atoms with Gasteiger partial charge in [0.05, 0.1) is 5.02 Å². The van der Waals surface area contributed by atoms with Crippen molar-refractivity contribution in [2.75, 3.05) is 6.61 Å². The van der Waals surface area contributed by atoms with Gasteiger partial charge in [-0.15, -0.1) is 0 Å². The van der Waals surface area contributed by atoms with Crippen LogP contribution in [0.3, 0.4) is 0 Å². The van der Waals surface area contributed by atoms with Crippen LogP contribution in [0.2, 0.25) is 5.02 Å². The molecule has 0 aliphatic carbocycles. The minimum Gasteiger partial charge on any atom is -0.486 e. The van der Waals surface area contributed by atoms with Crippen LogP contribution in [0.5, 0.6) is 5.75 Å². The van der Waals surface area contributed by atoms with Crippen molar-refractivity contribution in [1.29, 1.82) is 0 Å². The lowest BCUT2D eigenvalue weighted by molar-refractivity contribution is 0.359. The van der Waals surface area contributed by atoms with Gasteiger partial charge in [0, 0.05) is 11.1 Å². The third-order valence-corrected chi connectivity index (χ3v) is 2.27. The Labute approximate surface area is 99.6 Å². The highest BCUT2D eigenvalue weighted by Gasteiger charge is 2.05. The molecule has 0 saturated heterocycles. The summed E-state index contributed by atoms with van der Waals surface area (Å²) in [5.41, 5.74) is 6.69. The van der Waals surface area contributed by atoms with Gasteiger partial charge in [0.25, 0.3) is 0 Å². The SMILES string of the molecule is C=C(Cl)COc1ccc([C@@H](C)N)cc1Cl. The molecular weight excluding hydrogens is 233 g/mol. The van der Waals surface area contributed by atoms with E-state index in [1.54, 1.807) is 12.1 Å². The standard InChI is InChI=1S/C11H13Cl2NO/c1-7(12)6-15-11-4-3-9(8(2)14)5-10(11)13/h3-5,8H,1,6,14H2,2H3/t8-/m1/s1. The van der Waals surface area contributed by atoms with E-state index >= 15 is 0 Å². The molecule has 15 heavy (non-hydrogen) atoms. The predicted octanol–water partition coefficient (Wildman–Crippen LogP) is 3.49. The van der Waals surface area contributed by atoms with E-state index in [1.807, 2.05) is 13.0 Å². The number of hydrogen-bond donors (Lipinski definition) is 1. The summed E-state index contributed by atoms with van der Waals surface area (Å²) in [6, 6.07) is 5.40. The summed E-state index contributed by atoms with van der Waals surface area (Å²) in [7, 11) is 0.